The van der Waals surface area contributed by atoms with Gasteiger partial charge in [0.2, 0.25) is 0 Å². The zero-order valence-electron chi connectivity index (χ0n) is 11.3. The lowest BCUT2D eigenvalue weighted by atomic mass is 10.1. The van der Waals surface area contributed by atoms with Gasteiger partial charge in [0, 0.05) is 30.7 Å². The Kier molecular flexibility index (Phi) is 4.25. The standard InChI is InChI=1S/C15H23NO2/c1-12(2)18-14-6-4-3-5-13(14)9-16-10-15(11-17)7-8-15/h3-6,12,16-17H,7-11H2,1-2H3. The molecule has 0 unspecified atom stereocenters. The number of ether oxygens (including phenoxy) is 1. The topological polar surface area (TPSA) is 41.5 Å². The normalized spacial score (nSPS) is 16.9. The number of aliphatic hydroxyl groups is 1. The van der Waals surface area contributed by atoms with Crippen LogP contribution in [-0.2, 0) is 6.54 Å². The third kappa shape index (κ3) is 3.47. The van der Waals surface area contributed by atoms with E-state index >= 15 is 0 Å². The highest BCUT2D eigenvalue weighted by atomic mass is 16.5. The molecule has 0 aromatic heterocycles. The van der Waals surface area contributed by atoms with Crippen molar-refractivity contribution in [3.8, 4) is 5.75 Å². The molecule has 2 N–H and O–H groups in total. The van der Waals surface area contributed by atoms with Crippen molar-refractivity contribution in [3.05, 3.63) is 29.8 Å². The maximum absolute atomic E-state index is 9.26. The lowest BCUT2D eigenvalue weighted by Gasteiger charge is -2.16. The van der Waals surface area contributed by atoms with E-state index in [2.05, 4.69) is 11.4 Å². The minimum Gasteiger partial charge on any atom is -0.491 e. The van der Waals surface area contributed by atoms with Crippen LogP contribution in [0.3, 0.4) is 0 Å². The van der Waals surface area contributed by atoms with Gasteiger partial charge in [0.25, 0.3) is 0 Å². The Bertz CT molecular complexity index is 386. The molecule has 2 rings (SSSR count). The van der Waals surface area contributed by atoms with Crippen LogP contribution in [-0.4, -0.2) is 24.4 Å². The minimum absolute atomic E-state index is 0.161. The molecule has 3 heteroatoms. The molecule has 0 bridgehead atoms. The van der Waals surface area contributed by atoms with Crippen LogP contribution in [0.4, 0.5) is 0 Å². The first-order valence-electron chi connectivity index (χ1n) is 6.71. The summed E-state index contributed by atoms with van der Waals surface area (Å²) in [4.78, 5) is 0. The van der Waals surface area contributed by atoms with Crippen LogP contribution in [0.25, 0.3) is 0 Å². The molecule has 0 amide bonds. The Balaban J connectivity index is 1.88. The maximum atomic E-state index is 9.26. The van der Waals surface area contributed by atoms with Gasteiger partial charge in [0.15, 0.2) is 0 Å². The first-order valence-corrected chi connectivity index (χ1v) is 6.71. The van der Waals surface area contributed by atoms with Gasteiger partial charge in [0.1, 0.15) is 5.75 Å². The Morgan fingerprint density at radius 1 is 1.33 bits per heavy atom. The zero-order valence-corrected chi connectivity index (χ0v) is 11.3. The number of hydrogen-bond donors (Lipinski definition) is 2. The van der Waals surface area contributed by atoms with Crippen molar-refractivity contribution in [2.24, 2.45) is 5.41 Å². The summed E-state index contributed by atoms with van der Waals surface area (Å²) >= 11 is 0. The predicted molar refractivity (Wildman–Crippen MR) is 72.7 cm³/mol. The molecule has 1 aromatic carbocycles. The van der Waals surface area contributed by atoms with E-state index in [9.17, 15) is 5.11 Å². The average Bonchev–Trinajstić information content (AvgIpc) is 3.11. The molecule has 1 aromatic rings. The van der Waals surface area contributed by atoms with Crippen molar-refractivity contribution >= 4 is 0 Å². The van der Waals surface area contributed by atoms with Crippen molar-refractivity contribution in [3.63, 3.8) is 0 Å². The second kappa shape index (κ2) is 5.72. The fourth-order valence-electron chi connectivity index (χ4n) is 2.05. The predicted octanol–water partition coefficient (Wildman–Crippen LogP) is 2.34. The van der Waals surface area contributed by atoms with E-state index in [1.54, 1.807) is 0 Å². The smallest absolute Gasteiger partial charge is 0.124 e. The van der Waals surface area contributed by atoms with Gasteiger partial charge < -0.3 is 15.2 Å². The third-order valence-corrected chi connectivity index (χ3v) is 3.44. The van der Waals surface area contributed by atoms with Gasteiger partial charge in [-0.3, -0.25) is 0 Å². The fourth-order valence-corrected chi connectivity index (χ4v) is 2.05. The van der Waals surface area contributed by atoms with Gasteiger partial charge in [-0.25, -0.2) is 0 Å². The van der Waals surface area contributed by atoms with Gasteiger partial charge in [-0.1, -0.05) is 18.2 Å². The van der Waals surface area contributed by atoms with E-state index in [-0.39, 0.29) is 11.5 Å². The number of benzene rings is 1. The minimum atomic E-state index is 0.161. The molecule has 0 saturated heterocycles. The molecule has 1 saturated carbocycles. The van der Waals surface area contributed by atoms with Gasteiger partial charge in [-0.05, 0) is 32.8 Å². The van der Waals surface area contributed by atoms with Crippen molar-refractivity contribution in [1.82, 2.24) is 5.32 Å². The molecule has 0 aliphatic heterocycles. The highest BCUT2D eigenvalue weighted by Gasteiger charge is 2.41. The zero-order chi connectivity index (χ0) is 13.0. The molecule has 1 aliphatic rings. The summed E-state index contributed by atoms with van der Waals surface area (Å²) < 4.78 is 5.78. The van der Waals surface area contributed by atoms with Crippen molar-refractivity contribution in [2.45, 2.75) is 39.3 Å². The third-order valence-electron chi connectivity index (χ3n) is 3.44. The monoisotopic (exact) mass is 249 g/mol. The molecule has 0 radical (unpaired) electrons. The van der Waals surface area contributed by atoms with Gasteiger partial charge in [-0.2, -0.15) is 0 Å². The van der Waals surface area contributed by atoms with Crippen LogP contribution in [0.1, 0.15) is 32.3 Å². The summed E-state index contributed by atoms with van der Waals surface area (Å²) in [6, 6.07) is 8.12. The van der Waals surface area contributed by atoms with E-state index in [4.69, 9.17) is 4.74 Å². The fraction of sp³-hybridized carbons (Fsp3) is 0.600. The first-order chi connectivity index (χ1) is 8.65. The van der Waals surface area contributed by atoms with E-state index in [0.717, 1.165) is 31.7 Å². The van der Waals surface area contributed by atoms with Gasteiger partial charge >= 0.3 is 0 Å². The van der Waals surface area contributed by atoms with E-state index in [1.807, 2.05) is 32.0 Å². The summed E-state index contributed by atoms with van der Waals surface area (Å²) in [5.41, 5.74) is 1.34. The van der Waals surface area contributed by atoms with Crippen molar-refractivity contribution < 1.29 is 9.84 Å². The number of rotatable bonds is 7. The first kappa shape index (κ1) is 13.4. The summed E-state index contributed by atoms with van der Waals surface area (Å²) in [7, 11) is 0. The van der Waals surface area contributed by atoms with Crippen LogP contribution in [0.15, 0.2) is 24.3 Å². The molecule has 3 nitrogen and oxygen atoms in total. The highest BCUT2D eigenvalue weighted by Crippen LogP contribution is 2.44. The molecule has 1 aliphatic carbocycles. The maximum Gasteiger partial charge on any atom is 0.124 e. The second-order valence-electron chi connectivity index (χ2n) is 5.54. The average molecular weight is 249 g/mol. The van der Waals surface area contributed by atoms with Crippen LogP contribution in [0.5, 0.6) is 5.75 Å². The molecule has 100 valence electrons. The van der Waals surface area contributed by atoms with Gasteiger partial charge in [0.05, 0.1) is 6.10 Å². The van der Waals surface area contributed by atoms with Crippen LogP contribution in [0.2, 0.25) is 0 Å². The number of para-hydroxylation sites is 1. The molecule has 1 fully saturated rings. The highest BCUT2D eigenvalue weighted by molar-refractivity contribution is 5.33. The number of nitrogens with one attached hydrogen (secondary N) is 1. The SMILES string of the molecule is CC(C)Oc1ccccc1CNCC1(CO)CC1. The summed E-state index contributed by atoms with van der Waals surface area (Å²) in [6.07, 6.45) is 2.47. The summed E-state index contributed by atoms with van der Waals surface area (Å²) in [5, 5.41) is 12.7. The Labute approximate surface area is 109 Å². The molecule has 18 heavy (non-hydrogen) atoms. The Hall–Kier alpha value is -1.06. The molecule has 0 heterocycles. The molecule has 0 atom stereocenters. The summed E-state index contributed by atoms with van der Waals surface area (Å²) in [5.74, 6) is 0.953. The van der Waals surface area contributed by atoms with Crippen LogP contribution in [0, 0.1) is 5.41 Å². The van der Waals surface area contributed by atoms with Crippen molar-refractivity contribution in [1.29, 1.82) is 0 Å². The second-order valence-corrected chi connectivity index (χ2v) is 5.54. The van der Waals surface area contributed by atoms with Crippen molar-refractivity contribution in [2.75, 3.05) is 13.2 Å². The Morgan fingerprint density at radius 3 is 2.67 bits per heavy atom. The van der Waals surface area contributed by atoms with E-state index in [1.165, 1.54) is 5.56 Å². The van der Waals surface area contributed by atoms with E-state index < -0.39 is 0 Å². The molecule has 0 spiro atoms. The van der Waals surface area contributed by atoms with Crippen LogP contribution >= 0.6 is 0 Å². The molecular formula is C15H23NO2. The lowest BCUT2D eigenvalue weighted by molar-refractivity contribution is 0.207. The largest absolute Gasteiger partial charge is 0.491 e. The number of aliphatic hydroxyl groups excluding tert-OH is 1. The summed E-state index contributed by atoms with van der Waals surface area (Å²) in [6.45, 7) is 6.05. The number of hydrogen-bond acceptors (Lipinski definition) is 3. The quantitative estimate of drug-likeness (QED) is 0.779. The van der Waals surface area contributed by atoms with Gasteiger partial charge in [-0.15, -0.1) is 0 Å². The molecular weight excluding hydrogens is 226 g/mol. The van der Waals surface area contributed by atoms with Crippen LogP contribution < -0.4 is 10.1 Å². The lowest BCUT2D eigenvalue weighted by Crippen LogP contribution is -2.26. The Morgan fingerprint density at radius 2 is 2.06 bits per heavy atom. The van der Waals surface area contributed by atoms with E-state index in [0.29, 0.717) is 6.61 Å².